The number of esters is 1. The lowest BCUT2D eigenvalue weighted by Crippen LogP contribution is -2.59. The van der Waals surface area contributed by atoms with E-state index in [-0.39, 0.29) is 11.9 Å². The molecule has 0 spiro atoms. The number of carbonyl (C=O) groups is 2. The van der Waals surface area contributed by atoms with E-state index in [0.29, 0.717) is 24.8 Å². The van der Waals surface area contributed by atoms with Crippen molar-refractivity contribution >= 4 is 11.9 Å². The molecule has 1 amide bonds. The number of nitrogens with one attached hydrogen (secondary N) is 1. The Hall–Kier alpha value is -2.08. The van der Waals surface area contributed by atoms with E-state index in [1.54, 1.807) is 14.0 Å². The van der Waals surface area contributed by atoms with E-state index in [1.807, 2.05) is 24.3 Å². The molecule has 0 saturated heterocycles. The molecule has 1 aromatic carbocycles. The van der Waals surface area contributed by atoms with Crippen LogP contribution in [0.2, 0.25) is 0 Å². The molecular weight excluding hydrogens is 358 g/mol. The zero-order chi connectivity index (χ0) is 19.9. The van der Waals surface area contributed by atoms with Crippen molar-refractivity contribution in [3.05, 3.63) is 29.8 Å². The summed E-state index contributed by atoms with van der Waals surface area (Å²) in [5.41, 5.74) is -0.386. The van der Waals surface area contributed by atoms with Crippen LogP contribution in [0.5, 0.6) is 5.75 Å². The first-order valence-electron chi connectivity index (χ1n) is 10.1. The lowest BCUT2D eigenvalue weighted by atomic mass is 9.48. The molecule has 5 rings (SSSR count). The van der Waals surface area contributed by atoms with Crippen molar-refractivity contribution in [3.8, 4) is 5.75 Å². The molecule has 4 aliphatic carbocycles. The van der Waals surface area contributed by atoms with E-state index in [4.69, 9.17) is 9.47 Å². The summed E-state index contributed by atoms with van der Waals surface area (Å²) in [4.78, 5) is 25.4. The van der Waals surface area contributed by atoms with Gasteiger partial charge in [-0.05, 0) is 75.0 Å². The normalized spacial score (nSPS) is 34.0. The lowest BCUT2D eigenvalue weighted by Gasteiger charge is -2.58. The van der Waals surface area contributed by atoms with Crippen molar-refractivity contribution < 1.29 is 24.2 Å². The van der Waals surface area contributed by atoms with Crippen LogP contribution >= 0.6 is 0 Å². The number of methoxy groups -OCH3 is 1. The number of hydrogen-bond acceptors (Lipinski definition) is 5. The SMILES string of the molecule is COc1ccc(CNC(=O)[C@H](C)OC(=O)C23C[C@@H]4C[C@@H](CC(O)(C4)C2)C3)cc1. The van der Waals surface area contributed by atoms with Gasteiger partial charge in [0.15, 0.2) is 6.10 Å². The van der Waals surface area contributed by atoms with Gasteiger partial charge in [0.1, 0.15) is 5.75 Å². The highest BCUT2D eigenvalue weighted by Crippen LogP contribution is 2.62. The number of benzene rings is 1. The first-order valence-corrected chi connectivity index (χ1v) is 10.1. The molecule has 0 heterocycles. The Labute approximate surface area is 165 Å². The third-order valence-corrected chi connectivity index (χ3v) is 6.74. The maximum atomic E-state index is 13.0. The average Bonchev–Trinajstić information content (AvgIpc) is 2.64. The third-order valence-electron chi connectivity index (χ3n) is 6.74. The summed E-state index contributed by atoms with van der Waals surface area (Å²) in [6.45, 7) is 1.97. The summed E-state index contributed by atoms with van der Waals surface area (Å²) in [6, 6.07) is 7.43. The third kappa shape index (κ3) is 3.62. The summed E-state index contributed by atoms with van der Waals surface area (Å²) in [7, 11) is 1.61. The van der Waals surface area contributed by atoms with Crippen LogP contribution in [-0.4, -0.2) is 35.8 Å². The Balaban J connectivity index is 1.33. The van der Waals surface area contributed by atoms with Crippen LogP contribution < -0.4 is 10.1 Å². The summed E-state index contributed by atoms with van der Waals surface area (Å²) < 4.78 is 10.7. The van der Waals surface area contributed by atoms with Crippen molar-refractivity contribution in [2.75, 3.05) is 7.11 Å². The van der Waals surface area contributed by atoms with Crippen molar-refractivity contribution in [1.29, 1.82) is 0 Å². The van der Waals surface area contributed by atoms with Gasteiger partial charge in [-0.25, -0.2) is 0 Å². The maximum Gasteiger partial charge on any atom is 0.312 e. The molecule has 6 heteroatoms. The summed E-state index contributed by atoms with van der Waals surface area (Å²) >= 11 is 0. The van der Waals surface area contributed by atoms with Gasteiger partial charge in [-0.3, -0.25) is 9.59 Å². The quantitative estimate of drug-likeness (QED) is 0.733. The van der Waals surface area contributed by atoms with Gasteiger partial charge in [-0.1, -0.05) is 12.1 Å². The topological polar surface area (TPSA) is 84.9 Å². The molecule has 152 valence electrons. The van der Waals surface area contributed by atoms with Gasteiger partial charge in [0, 0.05) is 6.54 Å². The van der Waals surface area contributed by atoms with E-state index in [2.05, 4.69) is 5.32 Å². The molecule has 4 aliphatic rings. The zero-order valence-corrected chi connectivity index (χ0v) is 16.6. The van der Waals surface area contributed by atoms with Crippen molar-refractivity contribution in [3.63, 3.8) is 0 Å². The summed E-state index contributed by atoms with van der Waals surface area (Å²) in [5.74, 6) is 0.936. The Morgan fingerprint density at radius 2 is 1.82 bits per heavy atom. The van der Waals surface area contributed by atoms with Crippen molar-refractivity contribution in [1.82, 2.24) is 5.32 Å². The van der Waals surface area contributed by atoms with E-state index in [1.165, 1.54) is 0 Å². The second-order valence-electron chi connectivity index (χ2n) is 9.08. The van der Waals surface area contributed by atoms with Gasteiger partial charge >= 0.3 is 5.97 Å². The summed E-state index contributed by atoms with van der Waals surface area (Å²) in [5, 5.41) is 13.6. The predicted octanol–water partition coefficient (Wildman–Crippen LogP) is 2.57. The minimum absolute atomic E-state index is 0.312. The van der Waals surface area contributed by atoms with Crippen LogP contribution in [0.15, 0.2) is 24.3 Å². The lowest BCUT2D eigenvalue weighted by molar-refractivity contribution is -0.200. The molecule has 2 unspecified atom stereocenters. The van der Waals surface area contributed by atoms with Crippen molar-refractivity contribution in [2.24, 2.45) is 17.3 Å². The van der Waals surface area contributed by atoms with E-state index >= 15 is 0 Å². The Morgan fingerprint density at radius 3 is 2.39 bits per heavy atom. The molecule has 1 aromatic rings. The Kier molecular flexibility index (Phi) is 4.86. The molecule has 4 fully saturated rings. The second-order valence-corrected chi connectivity index (χ2v) is 9.08. The second kappa shape index (κ2) is 7.07. The summed E-state index contributed by atoms with van der Waals surface area (Å²) in [6.07, 6.45) is 3.90. The molecule has 4 bridgehead atoms. The molecular formula is C22H29NO5. The van der Waals surface area contributed by atoms with Crippen LogP contribution in [0.1, 0.15) is 51.0 Å². The predicted molar refractivity (Wildman–Crippen MR) is 102 cm³/mol. The standard InChI is InChI=1S/C22H29NO5/c1-14(19(24)23-12-15-3-5-18(27-2)6-4-15)28-20(25)21-8-16-7-17(9-21)11-22(26,10-16)13-21/h3-6,14,16-17,26H,7-13H2,1-2H3,(H,23,24)/t14-,16-,17+,21?,22?/m0/s1. The van der Waals surface area contributed by atoms with Crippen LogP contribution in [0.25, 0.3) is 0 Å². The maximum absolute atomic E-state index is 13.0. The molecule has 5 atom stereocenters. The molecule has 28 heavy (non-hydrogen) atoms. The number of ether oxygens (including phenoxy) is 2. The number of carbonyl (C=O) groups excluding carboxylic acids is 2. The van der Waals surface area contributed by atoms with Gasteiger partial charge in [0.05, 0.1) is 18.1 Å². The number of aliphatic hydroxyl groups is 1. The van der Waals surface area contributed by atoms with Crippen molar-refractivity contribution in [2.45, 2.75) is 63.7 Å². The first-order chi connectivity index (χ1) is 13.3. The zero-order valence-electron chi connectivity index (χ0n) is 16.6. The number of hydrogen-bond donors (Lipinski definition) is 2. The van der Waals surface area contributed by atoms with Gasteiger partial charge in [0.2, 0.25) is 0 Å². The fourth-order valence-corrected chi connectivity index (χ4v) is 5.87. The fraction of sp³-hybridized carbons (Fsp3) is 0.636. The van der Waals surface area contributed by atoms with E-state index in [0.717, 1.165) is 43.4 Å². The molecule has 4 saturated carbocycles. The highest BCUT2D eigenvalue weighted by atomic mass is 16.5. The van der Waals surface area contributed by atoms with Gasteiger partial charge in [-0.2, -0.15) is 0 Å². The van der Waals surface area contributed by atoms with Gasteiger partial charge in [0.25, 0.3) is 5.91 Å². The fourth-order valence-electron chi connectivity index (χ4n) is 5.87. The molecule has 2 N–H and O–H groups in total. The molecule has 0 aromatic heterocycles. The Bertz CT molecular complexity index is 745. The minimum atomic E-state index is -0.853. The monoisotopic (exact) mass is 387 g/mol. The largest absolute Gasteiger partial charge is 0.497 e. The Morgan fingerprint density at radius 1 is 1.18 bits per heavy atom. The van der Waals surface area contributed by atoms with Crippen LogP contribution in [0.4, 0.5) is 0 Å². The molecule has 0 radical (unpaired) electrons. The first kappa shape index (κ1) is 19.2. The van der Waals surface area contributed by atoms with Crippen LogP contribution in [0, 0.1) is 17.3 Å². The highest BCUT2D eigenvalue weighted by molar-refractivity contribution is 5.85. The van der Waals surface area contributed by atoms with Crippen LogP contribution in [-0.2, 0) is 20.9 Å². The number of rotatable bonds is 6. The minimum Gasteiger partial charge on any atom is -0.497 e. The van der Waals surface area contributed by atoms with Gasteiger partial charge in [-0.15, -0.1) is 0 Å². The smallest absolute Gasteiger partial charge is 0.312 e. The number of amides is 1. The highest BCUT2D eigenvalue weighted by Gasteiger charge is 2.61. The van der Waals surface area contributed by atoms with E-state index in [9.17, 15) is 14.7 Å². The van der Waals surface area contributed by atoms with Crippen LogP contribution in [0.3, 0.4) is 0 Å². The van der Waals surface area contributed by atoms with Gasteiger partial charge < -0.3 is 19.9 Å². The average molecular weight is 387 g/mol. The molecule has 0 aliphatic heterocycles. The van der Waals surface area contributed by atoms with E-state index < -0.39 is 17.1 Å². The molecule has 6 nitrogen and oxygen atoms in total.